The molecule has 0 heterocycles. The second-order valence-electron chi connectivity index (χ2n) is 3.50. The maximum atomic E-state index is 11.8. The van der Waals surface area contributed by atoms with Crippen LogP contribution in [-0.4, -0.2) is 21.2 Å². The van der Waals surface area contributed by atoms with E-state index in [4.69, 9.17) is 0 Å². The summed E-state index contributed by atoms with van der Waals surface area (Å²) in [6, 6.07) is 7.53. The van der Waals surface area contributed by atoms with Crippen LogP contribution in [0.25, 0.3) is 0 Å². The molecule has 0 radical (unpaired) electrons. The molecule has 0 fully saturated rings. The average Bonchev–Trinajstić information content (AvgIpc) is 2.18. The molecule has 3 heteroatoms. The highest BCUT2D eigenvalue weighted by Crippen LogP contribution is 2.10. The van der Waals surface area contributed by atoms with Crippen LogP contribution in [0.1, 0.15) is 12.0 Å². The molecule has 2 nitrogen and oxygen atoms in total. The van der Waals surface area contributed by atoms with Crippen molar-refractivity contribution < 1.29 is 9.32 Å². The lowest BCUT2D eigenvalue weighted by atomic mass is 10.2. The minimum absolute atomic E-state index is 0.273. The molecule has 0 unspecified atom stereocenters. The average molecular weight is 224 g/mol. The Labute approximate surface area is 93.1 Å². The van der Waals surface area contributed by atoms with Gasteiger partial charge in [-0.25, -0.2) is 0 Å². The molecule has 82 valence electrons. The number of aryl methyl sites for hydroxylation is 1. The van der Waals surface area contributed by atoms with E-state index in [1.54, 1.807) is 6.08 Å². The van der Waals surface area contributed by atoms with E-state index in [1.165, 1.54) is 0 Å². The second kappa shape index (κ2) is 5.83. The van der Waals surface area contributed by atoms with Gasteiger partial charge in [0.1, 0.15) is 0 Å². The summed E-state index contributed by atoms with van der Waals surface area (Å²) in [6.07, 6.45) is 1.55. The van der Waals surface area contributed by atoms with Gasteiger partial charge >= 0.3 is 0 Å². The topological polar surface area (TPSA) is 37.3 Å². The van der Waals surface area contributed by atoms with Crippen molar-refractivity contribution in [1.82, 2.24) is 0 Å². The Morgan fingerprint density at radius 1 is 1.47 bits per heavy atom. The first-order chi connectivity index (χ1) is 7.13. The molecule has 0 aromatic heterocycles. The van der Waals surface area contributed by atoms with Gasteiger partial charge < -0.3 is 5.11 Å². The molecule has 1 aromatic rings. The Morgan fingerprint density at radius 2 is 2.07 bits per heavy atom. The first kappa shape index (κ1) is 12.1. The third-order valence-electron chi connectivity index (χ3n) is 2.07. The van der Waals surface area contributed by atoms with Crippen molar-refractivity contribution in [2.45, 2.75) is 24.3 Å². The molecule has 1 N–H and O–H groups in total. The van der Waals surface area contributed by atoms with Gasteiger partial charge in [-0.1, -0.05) is 23.8 Å². The predicted octanol–water partition coefficient (Wildman–Crippen LogP) is 2.04. The summed E-state index contributed by atoms with van der Waals surface area (Å²) in [5, 5.41) is 9.47. The molecule has 1 rings (SSSR count). The molecular weight excluding hydrogens is 208 g/mol. The van der Waals surface area contributed by atoms with Crippen molar-refractivity contribution in [1.29, 1.82) is 0 Å². The molecule has 0 amide bonds. The van der Waals surface area contributed by atoms with Crippen LogP contribution < -0.4 is 0 Å². The van der Waals surface area contributed by atoms with E-state index in [0.717, 1.165) is 10.5 Å². The second-order valence-corrected chi connectivity index (χ2v) is 5.00. The van der Waals surface area contributed by atoms with E-state index in [2.05, 4.69) is 6.58 Å². The van der Waals surface area contributed by atoms with E-state index in [0.29, 0.717) is 6.42 Å². The molecule has 0 bridgehead atoms. The van der Waals surface area contributed by atoms with Gasteiger partial charge in [-0.3, -0.25) is 4.21 Å². The minimum atomic E-state index is -1.12. The highest BCUT2D eigenvalue weighted by atomic mass is 32.2. The molecule has 0 aliphatic rings. The molecule has 2 atom stereocenters. The van der Waals surface area contributed by atoms with Gasteiger partial charge in [0.15, 0.2) is 0 Å². The standard InChI is InChI=1S/C12H16O2S/c1-3-4-11(13)9-15(14)12-7-5-10(2)6-8-12/h3,5-8,11,13H,1,4,9H2,2H3/t11-,15-/m1/s1. The molecule has 0 saturated carbocycles. The Hall–Kier alpha value is -0.930. The Kier molecular flexibility index (Phi) is 4.72. The van der Waals surface area contributed by atoms with Gasteiger partial charge in [0, 0.05) is 4.90 Å². The maximum Gasteiger partial charge on any atom is 0.0693 e. The fourth-order valence-corrected chi connectivity index (χ4v) is 2.34. The number of aliphatic hydroxyl groups excluding tert-OH is 1. The van der Waals surface area contributed by atoms with Gasteiger partial charge in [0.05, 0.1) is 22.7 Å². The van der Waals surface area contributed by atoms with E-state index in [1.807, 2.05) is 31.2 Å². The van der Waals surface area contributed by atoms with Gasteiger partial charge in [-0.15, -0.1) is 6.58 Å². The van der Waals surface area contributed by atoms with Crippen molar-refractivity contribution in [3.8, 4) is 0 Å². The van der Waals surface area contributed by atoms with E-state index in [-0.39, 0.29) is 5.75 Å². The van der Waals surface area contributed by atoms with Crippen LogP contribution in [0.5, 0.6) is 0 Å². The summed E-state index contributed by atoms with van der Waals surface area (Å²) in [4.78, 5) is 0.767. The highest BCUT2D eigenvalue weighted by molar-refractivity contribution is 7.85. The number of hydrogen-bond donors (Lipinski definition) is 1. The van der Waals surface area contributed by atoms with Crippen molar-refractivity contribution >= 4 is 10.8 Å². The zero-order valence-electron chi connectivity index (χ0n) is 8.85. The molecule has 15 heavy (non-hydrogen) atoms. The molecular formula is C12H16O2S. The number of benzene rings is 1. The van der Waals surface area contributed by atoms with Crippen LogP contribution >= 0.6 is 0 Å². The SMILES string of the molecule is C=CC[C@@H](O)C[S@@](=O)c1ccc(C)cc1. The largest absolute Gasteiger partial charge is 0.392 e. The number of aliphatic hydroxyl groups is 1. The lowest BCUT2D eigenvalue weighted by Gasteiger charge is -2.07. The van der Waals surface area contributed by atoms with Gasteiger partial charge in [-0.2, -0.15) is 0 Å². The molecule has 0 spiro atoms. The van der Waals surface area contributed by atoms with Crippen molar-refractivity contribution in [3.05, 3.63) is 42.5 Å². The zero-order valence-corrected chi connectivity index (χ0v) is 9.67. The summed E-state index contributed by atoms with van der Waals surface area (Å²) in [7, 11) is -1.12. The fraction of sp³-hybridized carbons (Fsp3) is 0.333. The minimum Gasteiger partial charge on any atom is -0.392 e. The monoisotopic (exact) mass is 224 g/mol. The maximum absolute atomic E-state index is 11.8. The van der Waals surface area contributed by atoms with Crippen molar-refractivity contribution in [2.24, 2.45) is 0 Å². The van der Waals surface area contributed by atoms with Crippen LogP contribution in [-0.2, 0) is 10.8 Å². The molecule has 1 aromatic carbocycles. The van der Waals surface area contributed by atoms with Crippen LogP contribution in [0.3, 0.4) is 0 Å². The van der Waals surface area contributed by atoms with Crippen LogP contribution in [0.4, 0.5) is 0 Å². The Bertz CT molecular complexity index is 343. The first-order valence-corrected chi connectivity index (χ1v) is 6.19. The highest BCUT2D eigenvalue weighted by Gasteiger charge is 2.09. The number of rotatable bonds is 5. The van der Waals surface area contributed by atoms with Crippen LogP contribution in [0.2, 0.25) is 0 Å². The van der Waals surface area contributed by atoms with Gasteiger partial charge in [-0.05, 0) is 25.5 Å². The summed E-state index contributed by atoms with van der Waals surface area (Å²) < 4.78 is 11.8. The summed E-state index contributed by atoms with van der Waals surface area (Å²) >= 11 is 0. The van der Waals surface area contributed by atoms with Crippen molar-refractivity contribution in [2.75, 3.05) is 5.75 Å². The van der Waals surface area contributed by atoms with E-state index >= 15 is 0 Å². The van der Waals surface area contributed by atoms with Crippen LogP contribution in [0, 0.1) is 6.92 Å². The lowest BCUT2D eigenvalue weighted by Crippen LogP contribution is -2.15. The van der Waals surface area contributed by atoms with E-state index < -0.39 is 16.9 Å². The van der Waals surface area contributed by atoms with Crippen molar-refractivity contribution in [3.63, 3.8) is 0 Å². The molecule has 0 aliphatic carbocycles. The first-order valence-electron chi connectivity index (χ1n) is 4.87. The smallest absolute Gasteiger partial charge is 0.0693 e. The van der Waals surface area contributed by atoms with Gasteiger partial charge in [0.2, 0.25) is 0 Å². The van der Waals surface area contributed by atoms with E-state index in [9.17, 15) is 9.32 Å². The molecule has 0 saturated heterocycles. The van der Waals surface area contributed by atoms with Crippen LogP contribution in [0.15, 0.2) is 41.8 Å². The lowest BCUT2D eigenvalue weighted by molar-refractivity contribution is 0.202. The number of hydrogen-bond acceptors (Lipinski definition) is 2. The Morgan fingerprint density at radius 3 is 2.60 bits per heavy atom. The normalized spacial score (nSPS) is 14.5. The fourth-order valence-electron chi connectivity index (χ4n) is 1.22. The quantitative estimate of drug-likeness (QED) is 0.777. The predicted molar refractivity (Wildman–Crippen MR) is 63.3 cm³/mol. The third kappa shape index (κ3) is 3.98. The third-order valence-corrected chi connectivity index (χ3v) is 3.55. The summed E-state index contributed by atoms with van der Waals surface area (Å²) in [5.41, 5.74) is 1.14. The summed E-state index contributed by atoms with van der Waals surface area (Å²) in [5.74, 6) is 0.273. The van der Waals surface area contributed by atoms with Gasteiger partial charge in [0.25, 0.3) is 0 Å². The zero-order chi connectivity index (χ0) is 11.3. The summed E-state index contributed by atoms with van der Waals surface area (Å²) in [6.45, 7) is 5.52. The Balaban J connectivity index is 2.61. The molecule has 0 aliphatic heterocycles.